The molecular weight excluding hydrogens is 408 g/mol. The van der Waals surface area contributed by atoms with Gasteiger partial charge in [0.2, 0.25) is 0 Å². The van der Waals surface area contributed by atoms with Crippen molar-refractivity contribution in [3.05, 3.63) is 53.6 Å². The number of ether oxygens (including phenoxy) is 3. The summed E-state index contributed by atoms with van der Waals surface area (Å²) >= 11 is 0. The predicted molar refractivity (Wildman–Crippen MR) is 123 cm³/mol. The van der Waals surface area contributed by atoms with Gasteiger partial charge in [0.15, 0.2) is 17.6 Å². The molecule has 32 heavy (non-hydrogen) atoms. The van der Waals surface area contributed by atoms with Crippen LogP contribution < -0.4 is 14.2 Å². The molecule has 3 rings (SSSR count). The number of hydrogen-bond acceptors (Lipinski definition) is 5. The molecule has 1 atom stereocenters. The highest BCUT2D eigenvalue weighted by Crippen LogP contribution is 2.28. The van der Waals surface area contributed by atoms with Gasteiger partial charge in [-0.25, -0.2) is 0 Å². The lowest BCUT2D eigenvalue weighted by atomic mass is 10.0. The molecule has 1 saturated heterocycles. The van der Waals surface area contributed by atoms with Gasteiger partial charge in [-0.2, -0.15) is 0 Å². The molecule has 0 bridgehead atoms. The summed E-state index contributed by atoms with van der Waals surface area (Å²) in [7, 11) is 3.10. The summed E-state index contributed by atoms with van der Waals surface area (Å²) in [5, 5.41) is 0. The van der Waals surface area contributed by atoms with Gasteiger partial charge in [0.25, 0.3) is 11.8 Å². The zero-order valence-corrected chi connectivity index (χ0v) is 19.5. The lowest BCUT2D eigenvalue weighted by Crippen LogP contribution is -2.53. The summed E-state index contributed by atoms with van der Waals surface area (Å²) in [4.78, 5) is 29.2. The Labute approximate surface area is 189 Å². The smallest absolute Gasteiger partial charge is 0.263 e. The normalized spacial score (nSPS) is 14.8. The Hall–Kier alpha value is -3.22. The number of carbonyl (C=O) groups is 2. The van der Waals surface area contributed by atoms with E-state index in [9.17, 15) is 9.59 Å². The molecule has 0 saturated carbocycles. The molecule has 7 heteroatoms. The quantitative estimate of drug-likeness (QED) is 0.658. The van der Waals surface area contributed by atoms with Crippen LogP contribution >= 0.6 is 0 Å². The molecule has 0 radical (unpaired) electrons. The molecule has 2 aromatic rings. The van der Waals surface area contributed by atoms with E-state index in [1.54, 1.807) is 49.1 Å². The lowest BCUT2D eigenvalue weighted by Gasteiger charge is -2.36. The Morgan fingerprint density at radius 3 is 1.97 bits per heavy atom. The van der Waals surface area contributed by atoms with Crippen molar-refractivity contribution in [3.63, 3.8) is 0 Å². The number of methoxy groups -OCH3 is 2. The first-order valence-corrected chi connectivity index (χ1v) is 10.9. The van der Waals surface area contributed by atoms with Gasteiger partial charge in [-0.05, 0) is 48.7 Å². The van der Waals surface area contributed by atoms with Crippen molar-refractivity contribution in [1.82, 2.24) is 9.80 Å². The van der Waals surface area contributed by atoms with Crippen LogP contribution in [0.3, 0.4) is 0 Å². The van der Waals surface area contributed by atoms with E-state index in [-0.39, 0.29) is 11.8 Å². The zero-order valence-electron chi connectivity index (χ0n) is 19.5. The average Bonchev–Trinajstić information content (AvgIpc) is 2.83. The van der Waals surface area contributed by atoms with Crippen LogP contribution in [0.1, 0.15) is 42.6 Å². The van der Waals surface area contributed by atoms with Gasteiger partial charge < -0.3 is 24.0 Å². The largest absolute Gasteiger partial charge is 0.493 e. The molecule has 7 nitrogen and oxygen atoms in total. The van der Waals surface area contributed by atoms with E-state index in [1.165, 1.54) is 5.56 Å². The first-order chi connectivity index (χ1) is 15.3. The summed E-state index contributed by atoms with van der Waals surface area (Å²) in [5.41, 5.74) is 1.76. The maximum Gasteiger partial charge on any atom is 0.263 e. The Morgan fingerprint density at radius 1 is 0.812 bits per heavy atom. The van der Waals surface area contributed by atoms with Gasteiger partial charge >= 0.3 is 0 Å². The molecule has 2 amide bonds. The van der Waals surface area contributed by atoms with E-state index in [4.69, 9.17) is 14.2 Å². The van der Waals surface area contributed by atoms with Crippen LogP contribution in [0.4, 0.5) is 0 Å². The van der Waals surface area contributed by atoms with E-state index >= 15 is 0 Å². The summed E-state index contributed by atoms with van der Waals surface area (Å²) in [5.74, 6) is 2.05. The van der Waals surface area contributed by atoms with Crippen molar-refractivity contribution < 1.29 is 23.8 Å². The summed E-state index contributed by atoms with van der Waals surface area (Å²) < 4.78 is 16.4. The van der Waals surface area contributed by atoms with Crippen LogP contribution in [-0.4, -0.2) is 68.1 Å². The number of piperazine rings is 1. The number of benzene rings is 2. The fraction of sp³-hybridized carbons (Fsp3) is 0.440. The second kappa shape index (κ2) is 10.4. The number of rotatable bonds is 7. The molecule has 172 valence electrons. The van der Waals surface area contributed by atoms with Crippen molar-refractivity contribution in [2.75, 3.05) is 40.4 Å². The van der Waals surface area contributed by atoms with Crippen molar-refractivity contribution in [3.8, 4) is 17.2 Å². The maximum absolute atomic E-state index is 12.9. The van der Waals surface area contributed by atoms with Gasteiger partial charge in [0.05, 0.1) is 14.2 Å². The molecule has 1 aliphatic heterocycles. The summed E-state index contributed by atoms with van der Waals surface area (Å²) in [6.45, 7) is 7.91. The fourth-order valence-electron chi connectivity index (χ4n) is 3.72. The SMILES string of the molecule is COc1ccc(C(=O)N2CCN(C(=O)C(C)Oc3ccc(C(C)C)cc3)CC2)cc1OC. The molecule has 0 aliphatic carbocycles. The lowest BCUT2D eigenvalue weighted by molar-refractivity contribution is -0.139. The maximum atomic E-state index is 12.9. The highest BCUT2D eigenvalue weighted by molar-refractivity contribution is 5.95. The summed E-state index contributed by atoms with van der Waals surface area (Å²) in [6.07, 6.45) is -0.590. The highest BCUT2D eigenvalue weighted by Gasteiger charge is 2.28. The van der Waals surface area contributed by atoms with E-state index < -0.39 is 6.10 Å². The van der Waals surface area contributed by atoms with E-state index in [2.05, 4.69) is 13.8 Å². The van der Waals surface area contributed by atoms with E-state index in [0.717, 1.165) is 0 Å². The number of hydrogen-bond donors (Lipinski definition) is 0. The van der Waals surface area contributed by atoms with Crippen LogP contribution in [0.5, 0.6) is 17.2 Å². The Kier molecular flexibility index (Phi) is 7.62. The highest BCUT2D eigenvalue weighted by atomic mass is 16.5. The topological polar surface area (TPSA) is 68.3 Å². The first kappa shape index (κ1) is 23.4. The van der Waals surface area contributed by atoms with Crippen molar-refractivity contribution in [1.29, 1.82) is 0 Å². The molecule has 1 aliphatic rings. The van der Waals surface area contributed by atoms with Crippen molar-refractivity contribution >= 4 is 11.8 Å². The molecule has 0 spiro atoms. The molecule has 1 unspecified atom stereocenters. The Morgan fingerprint density at radius 2 is 1.41 bits per heavy atom. The van der Waals surface area contributed by atoms with Crippen LogP contribution in [0, 0.1) is 0 Å². The van der Waals surface area contributed by atoms with Gasteiger partial charge in [-0.1, -0.05) is 26.0 Å². The van der Waals surface area contributed by atoms with E-state index in [1.807, 2.05) is 24.3 Å². The van der Waals surface area contributed by atoms with Gasteiger partial charge in [-0.3, -0.25) is 9.59 Å². The minimum absolute atomic E-state index is 0.0730. The third-order valence-electron chi connectivity index (χ3n) is 5.72. The van der Waals surface area contributed by atoms with Crippen LogP contribution in [-0.2, 0) is 4.79 Å². The number of amides is 2. The third kappa shape index (κ3) is 5.33. The number of carbonyl (C=O) groups excluding carboxylic acids is 2. The molecule has 0 aromatic heterocycles. The third-order valence-corrected chi connectivity index (χ3v) is 5.72. The van der Waals surface area contributed by atoms with Crippen molar-refractivity contribution in [2.24, 2.45) is 0 Å². The molecule has 1 fully saturated rings. The fourth-order valence-corrected chi connectivity index (χ4v) is 3.72. The first-order valence-electron chi connectivity index (χ1n) is 10.9. The molecule has 1 heterocycles. The average molecular weight is 441 g/mol. The van der Waals surface area contributed by atoms with Gasteiger partial charge in [0.1, 0.15) is 5.75 Å². The Balaban J connectivity index is 1.55. The monoisotopic (exact) mass is 440 g/mol. The molecule has 0 N–H and O–H groups in total. The van der Waals surface area contributed by atoms with Crippen molar-refractivity contribution in [2.45, 2.75) is 32.8 Å². The Bertz CT molecular complexity index is 934. The minimum atomic E-state index is -0.590. The van der Waals surface area contributed by atoms with Crippen LogP contribution in [0.15, 0.2) is 42.5 Å². The van der Waals surface area contributed by atoms with Gasteiger partial charge in [0, 0.05) is 31.7 Å². The minimum Gasteiger partial charge on any atom is -0.493 e. The summed E-state index contributed by atoms with van der Waals surface area (Å²) in [6, 6.07) is 13.0. The number of nitrogens with zero attached hydrogens (tertiary/aromatic N) is 2. The second-order valence-electron chi connectivity index (χ2n) is 8.17. The van der Waals surface area contributed by atoms with Crippen LogP contribution in [0.25, 0.3) is 0 Å². The van der Waals surface area contributed by atoms with Crippen LogP contribution in [0.2, 0.25) is 0 Å². The molecule has 2 aromatic carbocycles. The van der Waals surface area contributed by atoms with E-state index in [0.29, 0.717) is 54.9 Å². The zero-order chi connectivity index (χ0) is 23.3. The second-order valence-corrected chi connectivity index (χ2v) is 8.17. The van der Waals surface area contributed by atoms with Gasteiger partial charge in [-0.15, -0.1) is 0 Å². The molecular formula is C25H32N2O5. The predicted octanol–water partition coefficient (Wildman–Crippen LogP) is 3.58. The standard InChI is InChI=1S/C25H32N2O5/c1-17(2)19-6-9-21(10-7-19)32-18(3)24(28)26-12-14-27(15-13-26)25(29)20-8-11-22(30-4)23(16-20)31-5/h6-11,16-18H,12-15H2,1-5H3.